The number of nitrogens with zero attached hydrogens (tertiary/aromatic N) is 2. The third-order valence-electron chi connectivity index (χ3n) is 3.32. The molecule has 0 spiro atoms. The molecule has 5 heteroatoms. The van der Waals surface area contributed by atoms with Crippen LogP contribution in [0.15, 0.2) is 46.9 Å². The van der Waals surface area contributed by atoms with Gasteiger partial charge in [-0.25, -0.2) is 9.40 Å². The maximum atomic E-state index is 13.1. The molecule has 1 unspecified atom stereocenters. The van der Waals surface area contributed by atoms with Crippen molar-refractivity contribution in [1.82, 2.24) is 5.01 Å². The number of amides is 1. The van der Waals surface area contributed by atoms with Crippen LogP contribution in [0.3, 0.4) is 0 Å². The first-order valence-electron chi connectivity index (χ1n) is 6.31. The highest BCUT2D eigenvalue weighted by molar-refractivity contribution is 7.12. The molecule has 0 saturated heterocycles. The first kappa shape index (κ1) is 13.0. The van der Waals surface area contributed by atoms with Crippen LogP contribution in [0.1, 0.15) is 23.3 Å². The lowest BCUT2D eigenvalue weighted by molar-refractivity contribution is -0.128. The number of carbonyl (C=O) groups excluding carboxylic acids is 1. The van der Waals surface area contributed by atoms with Gasteiger partial charge in [-0.1, -0.05) is 18.2 Å². The van der Waals surface area contributed by atoms with E-state index in [1.165, 1.54) is 24.1 Å². The first-order chi connectivity index (χ1) is 9.65. The highest BCUT2D eigenvalue weighted by Crippen LogP contribution is 2.30. The second kappa shape index (κ2) is 5.17. The molecule has 0 radical (unpaired) electrons. The van der Waals surface area contributed by atoms with Gasteiger partial charge >= 0.3 is 0 Å². The summed E-state index contributed by atoms with van der Waals surface area (Å²) in [4.78, 5) is 12.6. The Morgan fingerprint density at radius 1 is 1.35 bits per heavy atom. The first-order valence-corrected chi connectivity index (χ1v) is 7.19. The molecule has 3 nitrogen and oxygen atoms in total. The van der Waals surface area contributed by atoms with E-state index in [1.807, 2.05) is 17.5 Å². The van der Waals surface area contributed by atoms with Gasteiger partial charge in [0.25, 0.3) is 0 Å². The van der Waals surface area contributed by atoms with Gasteiger partial charge in [0.15, 0.2) is 0 Å². The van der Waals surface area contributed by atoms with Crippen molar-refractivity contribution in [3.8, 4) is 0 Å². The minimum absolute atomic E-state index is 0.00171. The maximum Gasteiger partial charge on any atom is 0.239 e. The van der Waals surface area contributed by atoms with Crippen molar-refractivity contribution >= 4 is 23.0 Å². The Labute approximate surface area is 120 Å². The molecule has 102 valence electrons. The normalized spacial score (nSPS) is 18.2. The van der Waals surface area contributed by atoms with Crippen LogP contribution in [-0.2, 0) is 4.79 Å². The molecule has 1 amide bonds. The molecular formula is C15H13FN2OS. The Balaban J connectivity index is 1.99. The minimum atomic E-state index is -0.259. The summed E-state index contributed by atoms with van der Waals surface area (Å²) in [6.45, 7) is 2.01. The van der Waals surface area contributed by atoms with Gasteiger partial charge in [-0.3, -0.25) is 4.79 Å². The standard InChI is InChI=1S/C15H13FN2OS/c1-10(19)18-9-13(11-4-6-12(16)7-5-11)15(17-18)14-3-2-8-20-14/h2-8,13H,9H2,1H3. The molecule has 0 bridgehead atoms. The van der Waals surface area contributed by atoms with Crippen molar-refractivity contribution in [2.24, 2.45) is 5.10 Å². The molecule has 1 aliphatic heterocycles. The second-order valence-corrected chi connectivity index (χ2v) is 5.62. The molecule has 1 aromatic carbocycles. The quantitative estimate of drug-likeness (QED) is 0.835. The van der Waals surface area contributed by atoms with E-state index in [9.17, 15) is 9.18 Å². The Hall–Kier alpha value is -2.01. The van der Waals surface area contributed by atoms with Gasteiger partial charge in [0.1, 0.15) is 5.82 Å². The van der Waals surface area contributed by atoms with Crippen molar-refractivity contribution in [2.45, 2.75) is 12.8 Å². The van der Waals surface area contributed by atoms with Crippen molar-refractivity contribution in [3.05, 3.63) is 58.0 Å². The summed E-state index contributed by atoms with van der Waals surface area (Å²) in [5.74, 6) is -0.341. The molecule has 2 heterocycles. The Morgan fingerprint density at radius 3 is 2.70 bits per heavy atom. The highest BCUT2D eigenvalue weighted by Gasteiger charge is 2.31. The molecular weight excluding hydrogens is 275 g/mol. The summed E-state index contributed by atoms with van der Waals surface area (Å²) in [5, 5.41) is 7.88. The van der Waals surface area contributed by atoms with E-state index < -0.39 is 0 Å². The topological polar surface area (TPSA) is 32.7 Å². The van der Waals surface area contributed by atoms with Crippen LogP contribution in [0.25, 0.3) is 0 Å². The number of rotatable bonds is 2. The van der Waals surface area contributed by atoms with Crippen molar-refractivity contribution in [2.75, 3.05) is 6.54 Å². The molecule has 1 atom stereocenters. The van der Waals surface area contributed by atoms with Crippen LogP contribution in [0.5, 0.6) is 0 Å². The summed E-state index contributed by atoms with van der Waals surface area (Å²) < 4.78 is 13.1. The predicted octanol–water partition coefficient (Wildman–Crippen LogP) is 3.24. The Morgan fingerprint density at radius 2 is 2.10 bits per heavy atom. The molecule has 0 N–H and O–H groups in total. The lowest BCUT2D eigenvalue weighted by atomic mass is 9.94. The summed E-state index contributed by atoms with van der Waals surface area (Å²) in [6.07, 6.45) is 0. The van der Waals surface area contributed by atoms with Crippen molar-refractivity contribution < 1.29 is 9.18 Å². The number of hydrogen-bond donors (Lipinski definition) is 0. The van der Waals surface area contributed by atoms with Crippen LogP contribution < -0.4 is 0 Å². The summed E-state index contributed by atoms with van der Waals surface area (Å²) in [7, 11) is 0. The highest BCUT2D eigenvalue weighted by atomic mass is 32.1. The molecule has 2 aromatic rings. The van der Waals surface area contributed by atoms with Crippen LogP contribution in [0.2, 0.25) is 0 Å². The van der Waals surface area contributed by atoms with Gasteiger partial charge in [-0.2, -0.15) is 5.10 Å². The average Bonchev–Trinajstić information content (AvgIpc) is 3.08. The fraction of sp³-hybridized carbons (Fsp3) is 0.200. The summed E-state index contributed by atoms with van der Waals surface area (Å²) in [5.41, 5.74) is 1.85. The molecule has 20 heavy (non-hydrogen) atoms. The van der Waals surface area contributed by atoms with E-state index in [1.54, 1.807) is 23.5 Å². The number of halogens is 1. The zero-order valence-corrected chi connectivity index (χ0v) is 11.7. The van der Waals surface area contributed by atoms with Crippen molar-refractivity contribution in [1.29, 1.82) is 0 Å². The van der Waals surface area contributed by atoms with Crippen LogP contribution in [0.4, 0.5) is 4.39 Å². The summed E-state index contributed by atoms with van der Waals surface area (Å²) >= 11 is 1.59. The second-order valence-electron chi connectivity index (χ2n) is 4.67. The molecule has 1 aromatic heterocycles. The molecule has 0 saturated carbocycles. The number of hydrogen-bond acceptors (Lipinski definition) is 3. The fourth-order valence-electron chi connectivity index (χ4n) is 2.30. The van der Waals surface area contributed by atoms with Gasteiger partial charge in [-0.05, 0) is 29.1 Å². The van der Waals surface area contributed by atoms with E-state index in [-0.39, 0.29) is 17.6 Å². The van der Waals surface area contributed by atoms with E-state index in [2.05, 4.69) is 5.10 Å². The molecule has 0 aliphatic carbocycles. The third-order valence-corrected chi connectivity index (χ3v) is 4.22. The van der Waals surface area contributed by atoms with E-state index >= 15 is 0 Å². The monoisotopic (exact) mass is 288 g/mol. The molecule has 3 rings (SSSR count). The molecule has 0 fully saturated rings. The SMILES string of the molecule is CC(=O)N1CC(c2ccc(F)cc2)C(c2cccs2)=N1. The summed E-state index contributed by atoms with van der Waals surface area (Å²) in [6, 6.07) is 10.3. The molecule has 1 aliphatic rings. The zero-order chi connectivity index (χ0) is 14.1. The van der Waals surface area contributed by atoms with E-state index in [4.69, 9.17) is 0 Å². The van der Waals surface area contributed by atoms with E-state index in [0.29, 0.717) is 6.54 Å². The van der Waals surface area contributed by atoms with Gasteiger partial charge in [0.05, 0.1) is 17.1 Å². The number of hydrazone groups is 1. The Bertz CT molecular complexity index is 649. The lowest BCUT2D eigenvalue weighted by Gasteiger charge is -2.13. The van der Waals surface area contributed by atoms with Crippen LogP contribution in [0, 0.1) is 5.82 Å². The predicted molar refractivity (Wildman–Crippen MR) is 77.4 cm³/mol. The maximum absolute atomic E-state index is 13.1. The van der Waals surface area contributed by atoms with Crippen molar-refractivity contribution in [3.63, 3.8) is 0 Å². The van der Waals surface area contributed by atoms with Gasteiger partial charge in [-0.15, -0.1) is 11.3 Å². The number of thiophene rings is 1. The fourth-order valence-corrected chi connectivity index (χ4v) is 3.07. The number of benzene rings is 1. The average molecular weight is 288 g/mol. The van der Waals surface area contributed by atoms with Crippen LogP contribution in [-0.4, -0.2) is 23.2 Å². The minimum Gasteiger partial charge on any atom is -0.273 e. The lowest BCUT2D eigenvalue weighted by Crippen LogP contribution is -2.22. The zero-order valence-electron chi connectivity index (χ0n) is 10.9. The van der Waals surface area contributed by atoms with Gasteiger partial charge in [0.2, 0.25) is 5.91 Å². The van der Waals surface area contributed by atoms with E-state index in [0.717, 1.165) is 16.2 Å². The largest absolute Gasteiger partial charge is 0.273 e. The van der Waals surface area contributed by atoms with Crippen LogP contribution >= 0.6 is 11.3 Å². The number of carbonyl (C=O) groups is 1. The van der Waals surface area contributed by atoms with Gasteiger partial charge in [0, 0.05) is 12.8 Å². The Kier molecular flexibility index (Phi) is 3.36. The third kappa shape index (κ3) is 2.36. The smallest absolute Gasteiger partial charge is 0.239 e. The van der Waals surface area contributed by atoms with Gasteiger partial charge < -0.3 is 0 Å².